The zero-order valence-corrected chi connectivity index (χ0v) is 57.5. The Morgan fingerprint density at radius 3 is 1.27 bits per heavy atom. The Morgan fingerprint density at radius 1 is 0.471 bits per heavy atom. The van der Waals surface area contributed by atoms with E-state index in [1.54, 1.807) is 102 Å². The summed E-state index contributed by atoms with van der Waals surface area (Å²) in [5.74, 6) is -6.93. The number of amides is 11. The number of nitrogens with one attached hydrogen (secondary N) is 11. The van der Waals surface area contributed by atoms with E-state index >= 15 is 0 Å². The number of aryl methyl sites for hydroxylation is 8. The quantitative estimate of drug-likeness (QED) is 0.0287. The molecule has 9 aromatic rings. The summed E-state index contributed by atoms with van der Waals surface area (Å²) in [5.41, 5.74) is 3.26. The number of imidazole rings is 2. The number of carbonyl (C=O) groups is 12. The molecule has 534 valence electrons. The van der Waals surface area contributed by atoms with Crippen LogP contribution in [0.1, 0.15) is 131 Å². The molecule has 0 radical (unpaired) electrons. The summed E-state index contributed by atoms with van der Waals surface area (Å²) < 4.78 is 12.0. The van der Waals surface area contributed by atoms with Crippen LogP contribution in [0, 0.1) is 0 Å². The van der Waals surface area contributed by atoms with Gasteiger partial charge in [0.05, 0.1) is 39.7 Å². The maximum absolute atomic E-state index is 13.6. The van der Waals surface area contributed by atoms with Gasteiger partial charge in [-0.2, -0.15) is 0 Å². The first-order chi connectivity index (χ1) is 48.5. The first kappa shape index (κ1) is 73.2. The molecule has 8 heterocycles. The summed E-state index contributed by atoms with van der Waals surface area (Å²) in [6.07, 6.45) is 15.0. The van der Waals surface area contributed by atoms with E-state index in [0.29, 0.717) is 61.8 Å². The molecule has 1 atom stereocenters. The van der Waals surface area contributed by atoms with Gasteiger partial charge in [-0.1, -0.05) is 6.07 Å². The monoisotopic (exact) mass is 1400 g/mol. The molecule has 35 nitrogen and oxygen atoms in total. The van der Waals surface area contributed by atoms with Gasteiger partial charge in [0, 0.05) is 144 Å². The predicted molar refractivity (Wildman–Crippen MR) is 375 cm³/mol. The lowest BCUT2D eigenvalue weighted by molar-refractivity contribution is -0.125. The van der Waals surface area contributed by atoms with Crippen LogP contribution in [0.2, 0.25) is 0 Å². The van der Waals surface area contributed by atoms with Gasteiger partial charge in [-0.05, 0) is 94.0 Å². The normalized spacial score (nSPS) is 11.3. The minimum atomic E-state index is -1.17. The van der Waals surface area contributed by atoms with E-state index in [1.807, 2.05) is 7.05 Å². The van der Waals surface area contributed by atoms with Gasteiger partial charge in [-0.25, -0.2) is 14.8 Å². The van der Waals surface area contributed by atoms with Gasteiger partial charge in [0.15, 0.2) is 11.6 Å². The third kappa shape index (κ3) is 18.4. The largest absolute Gasteiger partial charge is 0.478 e. The summed E-state index contributed by atoms with van der Waals surface area (Å²) in [6.45, 7) is 3.22. The van der Waals surface area contributed by atoms with Crippen LogP contribution in [-0.4, -0.2) is 173 Å². The molecule has 0 spiro atoms. The van der Waals surface area contributed by atoms with Crippen LogP contribution in [0.4, 0.5) is 39.9 Å². The number of anilines is 7. The van der Waals surface area contributed by atoms with E-state index in [-0.39, 0.29) is 98.9 Å². The second-order valence-corrected chi connectivity index (χ2v) is 24.2. The van der Waals surface area contributed by atoms with Crippen molar-refractivity contribution in [3.63, 3.8) is 0 Å². The van der Waals surface area contributed by atoms with Crippen LogP contribution >= 0.6 is 0 Å². The van der Waals surface area contributed by atoms with Crippen molar-refractivity contribution in [1.29, 1.82) is 0 Å². The Labute approximate surface area is 583 Å². The fraction of sp³-hybridized carbons (Fsp3) is 0.284. The lowest BCUT2D eigenvalue weighted by Crippen LogP contribution is -2.45. The molecule has 11 amide bonds. The molecule has 0 bridgehead atoms. The van der Waals surface area contributed by atoms with Crippen LogP contribution in [0.15, 0.2) is 116 Å². The first-order valence-corrected chi connectivity index (χ1v) is 31.8. The second kappa shape index (κ2) is 32.1. The van der Waals surface area contributed by atoms with Crippen LogP contribution < -0.4 is 58.5 Å². The predicted octanol–water partition coefficient (Wildman–Crippen LogP) is 3.53. The third-order valence-corrected chi connectivity index (χ3v) is 16.1. The number of rotatable bonds is 30. The zero-order valence-electron chi connectivity index (χ0n) is 57.5. The van der Waals surface area contributed by atoms with Crippen LogP contribution in [-0.2, 0) is 66.0 Å². The van der Waals surface area contributed by atoms with Crippen molar-refractivity contribution in [2.75, 3.05) is 77.0 Å². The first-order valence-electron chi connectivity index (χ1n) is 31.8. The molecule has 0 aliphatic heterocycles. The van der Waals surface area contributed by atoms with Crippen molar-refractivity contribution >= 4 is 111 Å². The third-order valence-electron chi connectivity index (χ3n) is 16.1. The Hall–Kier alpha value is -13.1. The highest BCUT2D eigenvalue weighted by Gasteiger charge is 2.26. The summed E-state index contributed by atoms with van der Waals surface area (Å²) in [7, 11) is 14.9. The highest BCUT2D eigenvalue weighted by Crippen LogP contribution is 2.24. The number of benzene rings is 1. The molecule has 0 aliphatic carbocycles. The molecule has 0 saturated heterocycles. The number of aromatic carboxylic acids is 1. The molecule has 102 heavy (non-hydrogen) atoms. The maximum atomic E-state index is 13.6. The fourth-order valence-electron chi connectivity index (χ4n) is 11.0. The molecule has 0 saturated carbocycles. The van der Waals surface area contributed by atoms with Gasteiger partial charge in [-0.15, -0.1) is 0 Å². The average molecular weight is 1400 g/mol. The number of nitrogens with zero attached hydrogens (tertiary/aromatic N) is 11. The average Bonchev–Trinajstić information content (AvgIpc) is 1.68. The fourth-order valence-corrected chi connectivity index (χ4v) is 11.0. The second-order valence-electron chi connectivity index (χ2n) is 24.2. The van der Waals surface area contributed by atoms with E-state index in [2.05, 4.69) is 73.4 Å². The van der Waals surface area contributed by atoms with E-state index in [4.69, 9.17) is 0 Å². The minimum absolute atomic E-state index is 0.0316. The Kier molecular flexibility index (Phi) is 23.0. The van der Waals surface area contributed by atoms with Crippen molar-refractivity contribution in [2.24, 2.45) is 56.4 Å². The van der Waals surface area contributed by atoms with Crippen LogP contribution in [0.3, 0.4) is 0 Å². The molecular formula is C67H78N22O13. The summed E-state index contributed by atoms with van der Waals surface area (Å²) in [6, 6.07) is 13.5. The topological polar surface area (TPSA) is 426 Å². The standard InChI is InChI=1S/C67H78N22O13/c1-38(90)72-47(16-19-71-60(94)49-26-42(32-84(49)5)74-62(96)51-27-43(33-86(51)7)75-63(97)52-29-45(35-87(52)8)77-65(99)55-68-20-23-82(55)3)58(92)80-54-37-89(10)56(79-54)66(100)78-46-30-53(88(9)36-46)64(98)76-44-28-50(85(6)34-44)61(95)73-41-25-48(83(4)31-41)59(93)70-18-13-22-81(2)21-12-17-69-57(91)39-14-11-15-40(24-39)67(101)102/h11,14-15,20,23-37,47H,12-13,16-19,21-22H2,1-10H3,(H,69,91)(H,70,93)(H,71,94)(H,72,90)(H,73,95)(H,74,96)(H,75,97)(H,76,98)(H,77,99)(H,78,100)(H,80,92)(H,101,102)/t47-/m1/s1/i57+2,67+2. The Balaban J connectivity index is 0.697. The van der Waals surface area contributed by atoms with Crippen molar-refractivity contribution < 1.29 is 62.6 Å². The number of aromatic nitrogens is 10. The lowest BCUT2D eigenvalue weighted by atomic mass is 10.2. The van der Waals surface area contributed by atoms with Gasteiger partial charge >= 0.3 is 5.97 Å². The molecule has 9 rings (SSSR count). The van der Waals surface area contributed by atoms with Gasteiger partial charge < -0.3 is 105 Å². The number of hydrogen-bond acceptors (Lipinski definition) is 15. The summed E-state index contributed by atoms with van der Waals surface area (Å²) in [4.78, 5) is 167. The van der Waals surface area contributed by atoms with Gasteiger partial charge in [0.2, 0.25) is 17.6 Å². The number of carbonyl (C=O) groups excluding carboxylic acids is 11. The van der Waals surface area contributed by atoms with Gasteiger partial charge in [0.25, 0.3) is 53.2 Å². The number of hydrogen-bond donors (Lipinski definition) is 12. The molecular weight excluding hydrogens is 1320 g/mol. The van der Waals surface area contributed by atoms with Crippen molar-refractivity contribution in [2.45, 2.75) is 32.2 Å². The van der Waals surface area contributed by atoms with Gasteiger partial charge in [-0.3, -0.25) is 52.7 Å². The summed E-state index contributed by atoms with van der Waals surface area (Å²) in [5, 5.41) is 39.3. The molecule has 1 aromatic carbocycles. The van der Waals surface area contributed by atoms with Crippen LogP contribution in [0.5, 0.6) is 0 Å². The highest BCUT2D eigenvalue weighted by atomic mass is 16.6. The smallest absolute Gasteiger partial charge is 0.335 e. The molecule has 0 fully saturated rings. The molecule has 12 N–H and O–H groups in total. The van der Waals surface area contributed by atoms with Crippen LogP contribution in [0.25, 0.3) is 0 Å². The Bertz CT molecular complexity index is 4740. The molecule has 35 heteroatoms. The van der Waals surface area contributed by atoms with Gasteiger partial charge in [0.1, 0.15) is 40.2 Å². The van der Waals surface area contributed by atoms with E-state index in [1.165, 1.54) is 115 Å². The molecule has 0 aliphatic rings. The molecule has 8 aromatic heterocycles. The highest BCUT2D eigenvalue weighted by molar-refractivity contribution is 6.11. The number of carboxylic acids is 1. The zero-order chi connectivity index (χ0) is 73.8. The maximum Gasteiger partial charge on any atom is 0.335 e. The van der Waals surface area contributed by atoms with Crippen molar-refractivity contribution in [1.82, 2.24) is 72.7 Å². The van der Waals surface area contributed by atoms with E-state index in [0.717, 1.165) is 0 Å². The van der Waals surface area contributed by atoms with Crippen molar-refractivity contribution in [3.8, 4) is 0 Å². The minimum Gasteiger partial charge on any atom is -0.478 e. The number of carboxylic acid groups (broad SMARTS) is 1. The SMILES string of the molecule is CC(=O)N[C@H](CCNC(=O)c1cc(NC(=O)c2cc(NC(=O)c3cc(NC(=O)c4nccn4C)cn3C)cn2C)cn1C)C(=O)Nc1cn(C)c(C(=O)Nc2cc(C(=O)Nc3cc(C(=O)Nc4cc(C(=O)NCCCN(C)CCCN[14C](=O)c5cccc([14C](=O)O)c5)n(C)c4)n(C)c3)n(C)c2)n1. The lowest BCUT2D eigenvalue weighted by Gasteiger charge is -2.17. The molecule has 0 unspecified atom stereocenters. The Morgan fingerprint density at radius 2 is 0.863 bits per heavy atom. The summed E-state index contributed by atoms with van der Waals surface area (Å²) >= 11 is 0. The van der Waals surface area contributed by atoms with E-state index < -0.39 is 65.2 Å². The van der Waals surface area contributed by atoms with Crippen molar-refractivity contribution in [3.05, 3.63) is 173 Å². The van der Waals surface area contributed by atoms with E-state index in [9.17, 15) is 62.6 Å².